The molecule has 0 aromatic heterocycles. The average Bonchev–Trinajstić information content (AvgIpc) is 3.71. The van der Waals surface area contributed by atoms with E-state index < -0.39 is 0 Å². The van der Waals surface area contributed by atoms with E-state index in [9.17, 15) is 0 Å². The van der Waals surface area contributed by atoms with Crippen molar-refractivity contribution in [3.63, 3.8) is 0 Å². The lowest BCUT2D eigenvalue weighted by Gasteiger charge is -2.17. The Bertz CT molecular complexity index is 1300. The van der Waals surface area contributed by atoms with Gasteiger partial charge in [0, 0.05) is 14.7 Å². The van der Waals surface area contributed by atoms with Crippen LogP contribution in [-0.2, 0) is 6.42 Å². The number of rotatable bonds is 75. The van der Waals surface area contributed by atoms with Gasteiger partial charge in [-0.3, -0.25) is 0 Å². The number of hydrogen-bond acceptors (Lipinski definition) is 3. The molecule has 0 aliphatic rings. The average molecular weight is 1240 g/mol. The minimum Gasteiger partial charge on any atom is -0.125 e. The van der Waals surface area contributed by atoms with E-state index >= 15 is 0 Å². The quantitative estimate of drug-likeness (QED) is 0.0471. The minimum absolute atomic E-state index is 1.04. The maximum Gasteiger partial charge on any atom is 0.0344 e. The van der Waals surface area contributed by atoms with Gasteiger partial charge in [-0.15, -0.1) is 35.3 Å². The van der Waals surface area contributed by atoms with Crippen molar-refractivity contribution in [3.8, 4) is 0 Å². The monoisotopic (exact) mass is 1240 g/mol. The summed E-state index contributed by atoms with van der Waals surface area (Å²) in [6, 6.07) is 5.26. The maximum atomic E-state index is 4.24. The molecule has 1 aromatic rings. The highest BCUT2D eigenvalue weighted by Gasteiger charge is 2.14. The number of benzene rings is 1. The van der Waals surface area contributed by atoms with Crippen LogP contribution in [0.15, 0.2) is 26.8 Å². The second kappa shape index (κ2) is 73.3. The van der Waals surface area contributed by atoms with E-state index in [1.54, 1.807) is 20.2 Å². The van der Waals surface area contributed by atoms with Crippen LogP contribution in [0.2, 0.25) is 0 Å². The standard InChI is InChI=1S/C82H157S3/c1-5-9-13-16-19-22-25-28-31-34-37-40-43-46-49-52-55-58-61-64-67-70-74-83-80-77-79(73-12-8-4)78-81(84-75-71-68-65-62-59-56-53-50-47-44-41-38-35-32-29-26-23-20-17-14-10-6-2)82(80)85-76-72-69-66-63-60-57-54-51-48-45-42-39-36-33-30-27-24-21-18-15-11-7-3/h77-78H,4-76H2,1-3H3. The van der Waals surface area contributed by atoms with Gasteiger partial charge in [-0.05, 0) is 67.1 Å². The molecule has 0 atom stereocenters. The summed E-state index contributed by atoms with van der Waals surface area (Å²) in [5, 5.41) is 0. The van der Waals surface area contributed by atoms with Gasteiger partial charge in [0.1, 0.15) is 0 Å². The molecule has 0 fully saturated rings. The molecule has 0 amide bonds. The van der Waals surface area contributed by atoms with Crippen LogP contribution in [0.5, 0.6) is 0 Å². The Hall–Kier alpha value is 0.270. The molecule has 0 saturated heterocycles. The highest BCUT2D eigenvalue weighted by molar-refractivity contribution is 8.03. The van der Waals surface area contributed by atoms with E-state index in [1.165, 1.54) is 454 Å². The first-order valence-corrected chi connectivity index (χ1v) is 43.1. The lowest BCUT2D eigenvalue weighted by molar-refractivity contribution is 0.520. The molecule has 0 heterocycles. The van der Waals surface area contributed by atoms with Crippen LogP contribution < -0.4 is 0 Å². The van der Waals surface area contributed by atoms with E-state index in [1.807, 2.05) is 0 Å². The molecular formula is C82H157S3. The number of aryl methyl sites for hydroxylation is 1. The third kappa shape index (κ3) is 62.8. The summed E-state index contributed by atoms with van der Waals surface area (Å²) in [6.45, 7) is 11.2. The number of thioether (sulfide) groups is 3. The van der Waals surface area contributed by atoms with E-state index in [-0.39, 0.29) is 0 Å². The fraction of sp³-hybridized carbons (Fsp3) is 0.915. The first kappa shape index (κ1) is 83.3. The summed E-state index contributed by atoms with van der Waals surface area (Å²) in [5.74, 6) is 3.86. The van der Waals surface area contributed by atoms with Gasteiger partial charge >= 0.3 is 0 Å². The molecule has 0 spiro atoms. The van der Waals surface area contributed by atoms with Crippen LogP contribution in [-0.4, -0.2) is 17.3 Å². The Morgan fingerprint density at radius 1 is 0.212 bits per heavy atom. The molecule has 0 aliphatic carbocycles. The second-order valence-corrected chi connectivity index (χ2v) is 31.1. The third-order valence-electron chi connectivity index (χ3n) is 19.1. The summed E-state index contributed by atoms with van der Waals surface area (Å²) in [6.07, 6.45) is 99.7. The largest absolute Gasteiger partial charge is 0.125 e. The van der Waals surface area contributed by atoms with Crippen molar-refractivity contribution in [1.82, 2.24) is 0 Å². The Morgan fingerprint density at radius 3 is 0.553 bits per heavy atom. The van der Waals surface area contributed by atoms with Gasteiger partial charge < -0.3 is 0 Å². The Morgan fingerprint density at radius 2 is 0.376 bits per heavy atom. The molecule has 0 unspecified atom stereocenters. The van der Waals surface area contributed by atoms with Crippen LogP contribution in [0.3, 0.4) is 0 Å². The van der Waals surface area contributed by atoms with Gasteiger partial charge in [0.15, 0.2) is 0 Å². The van der Waals surface area contributed by atoms with E-state index in [2.05, 4.69) is 75.1 Å². The summed E-state index contributed by atoms with van der Waals surface area (Å²) in [4.78, 5) is 4.88. The second-order valence-electron chi connectivity index (χ2n) is 27.7. The summed E-state index contributed by atoms with van der Waals surface area (Å²) < 4.78 is 0. The van der Waals surface area contributed by atoms with E-state index in [0.717, 1.165) is 6.42 Å². The van der Waals surface area contributed by atoms with Crippen molar-refractivity contribution in [2.75, 3.05) is 17.3 Å². The van der Waals surface area contributed by atoms with Crippen molar-refractivity contribution in [1.29, 1.82) is 0 Å². The molecule has 0 nitrogen and oxygen atoms in total. The molecule has 85 heavy (non-hydrogen) atoms. The van der Waals surface area contributed by atoms with Gasteiger partial charge in [0.2, 0.25) is 0 Å². The number of hydrogen-bond donors (Lipinski definition) is 0. The van der Waals surface area contributed by atoms with Crippen LogP contribution in [0, 0.1) is 6.92 Å². The van der Waals surface area contributed by atoms with E-state index in [0.29, 0.717) is 0 Å². The normalized spacial score (nSPS) is 11.8. The molecular weight excluding hydrogens is 1080 g/mol. The smallest absolute Gasteiger partial charge is 0.0344 e. The molecule has 3 heteroatoms. The highest BCUT2D eigenvalue weighted by Crippen LogP contribution is 2.41. The minimum atomic E-state index is 1.04. The maximum absolute atomic E-state index is 4.24. The summed E-state index contributed by atoms with van der Waals surface area (Å²) >= 11 is 6.65. The Labute approximate surface area is 552 Å². The van der Waals surface area contributed by atoms with Gasteiger partial charge in [-0.25, -0.2) is 0 Å². The SMILES string of the molecule is [CH2]CCCc1cc(SCCCCCCCCCCCCCCCCCCCCCCCC)c(SCCCCCCCCCCCCCCCCCCCCCCCC)c(SCCCCCCCCCCCCCCCCCCCCCCCC)c1. The highest BCUT2D eigenvalue weighted by atomic mass is 32.2. The van der Waals surface area contributed by atoms with Crippen molar-refractivity contribution in [2.24, 2.45) is 0 Å². The van der Waals surface area contributed by atoms with Crippen LogP contribution >= 0.6 is 35.3 Å². The zero-order valence-electron chi connectivity index (χ0n) is 59.0. The molecule has 0 aliphatic heterocycles. The van der Waals surface area contributed by atoms with Crippen molar-refractivity contribution >= 4 is 35.3 Å². The third-order valence-corrected chi connectivity index (χ3v) is 22.8. The van der Waals surface area contributed by atoms with Gasteiger partial charge in [-0.1, -0.05) is 439 Å². The molecule has 0 saturated carbocycles. The zero-order valence-corrected chi connectivity index (χ0v) is 61.4. The van der Waals surface area contributed by atoms with Gasteiger partial charge in [-0.2, -0.15) is 0 Å². The predicted octanol–water partition coefficient (Wildman–Crippen LogP) is 31.9. The lowest BCUT2D eigenvalue weighted by atomic mass is 10.0. The Kier molecular flexibility index (Phi) is 71.8. The zero-order chi connectivity index (χ0) is 60.8. The van der Waals surface area contributed by atoms with Crippen LogP contribution in [0.4, 0.5) is 0 Å². The molecule has 503 valence electrons. The molecule has 1 radical (unpaired) electrons. The molecule has 1 aromatic carbocycles. The van der Waals surface area contributed by atoms with E-state index in [4.69, 9.17) is 0 Å². The molecule has 0 bridgehead atoms. The number of unbranched alkanes of at least 4 members (excludes halogenated alkanes) is 64. The van der Waals surface area contributed by atoms with Crippen molar-refractivity contribution in [2.45, 2.75) is 478 Å². The van der Waals surface area contributed by atoms with Gasteiger partial charge in [0.05, 0.1) is 0 Å². The topological polar surface area (TPSA) is 0 Å². The van der Waals surface area contributed by atoms with Crippen LogP contribution in [0.25, 0.3) is 0 Å². The molecule has 1 rings (SSSR count). The Balaban J connectivity index is 2.41. The summed E-state index contributed by atoms with van der Waals surface area (Å²) in [7, 11) is 0. The summed E-state index contributed by atoms with van der Waals surface area (Å²) in [5.41, 5.74) is 1.57. The first-order valence-electron chi connectivity index (χ1n) is 40.1. The lowest BCUT2D eigenvalue weighted by Crippen LogP contribution is -1.95. The van der Waals surface area contributed by atoms with Gasteiger partial charge in [0.25, 0.3) is 0 Å². The predicted molar refractivity (Wildman–Crippen MR) is 399 cm³/mol. The molecule has 0 N–H and O–H groups in total. The first-order chi connectivity index (χ1) is 42.3. The van der Waals surface area contributed by atoms with Crippen molar-refractivity contribution < 1.29 is 0 Å². The van der Waals surface area contributed by atoms with Crippen LogP contribution in [0.1, 0.15) is 463 Å². The fourth-order valence-corrected chi connectivity index (χ4v) is 16.9. The van der Waals surface area contributed by atoms with Crippen molar-refractivity contribution in [3.05, 3.63) is 24.6 Å². The fourth-order valence-electron chi connectivity index (χ4n) is 13.1.